The van der Waals surface area contributed by atoms with Gasteiger partial charge in [-0.2, -0.15) is 0 Å². The number of aryl methyl sites for hydroxylation is 3. The summed E-state index contributed by atoms with van der Waals surface area (Å²) in [6, 6.07) is 16.9. The van der Waals surface area contributed by atoms with Gasteiger partial charge in [-0.3, -0.25) is 19.7 Å². The van der Waals surface area contributed by atoms with Crippen molar-refractivity contribution < 1.29 is 9.53 Å². The van der Waals surface area contributed by atoms with Gasteiger partial charge in [-0.05, 0) is 78.8 Å². The number of carbonyl (C=O) groups excluding carboxylic acids is 1. The summed E-state index contributed by atoms with van der Waals surface area (Å²) in [7, 11) is 0. The van der Waals surface area contributed by atoms with Crippen molar-refractivity contribution in [1.82, 2.24) is 29.9 Å². The monoisotopic (exact) mass is 616 g/mol. The normalized spacial score (nSPS) is 16.1. The van der Waals surface area contributed by atoms with E-state index in [9.17, 15) is 4.79 Å². The molecule has 238 valence electrons. The Balaban J connectivity index is 1.42. The summed E-state index contributed by atoms with van der Waals surface area (Å²) in [6.45, 7) is 15.8. The SMILES string of the molecule is CC[C@@H]1CN(Cc2cc([C@@H](c3ccc4c(nnn4CC)c3C)C(C)(C)C(=O)Cc3cccnc3)ccc2C)Cc2cnccc2O1. The first-order valence-corrected chi connectivity index (χ1v) is 16.4. The van der Waals surface area contributed by atoms with Crippen LogP contribution in [-0.4, -0.2) is 48.3 Å². The molecule has 1 aliphatic rings. The Bertz CT molecular complexity index is 1850. The molecule has 5 aromatic rings. The maximum Gasteiger partial charge on any atom is 0.143 e. The van der Waals surface area contributed by atoms with Crippen molar-refractivity contribution in [2.45, 2.75) is 86.0 Å². The highest BCUT2D eigenvalue weighted by Gasteiger charge is 2.40. The van der Waals surface area contributed by atoms with Gasteiger partial charge in [0.1, 0.15) is 23.2 Å². The van der Waals surface area contributed by atoms with Crippen molar-refractivity contribution in [3.05, 3.63) is 112 Å². The lowest BCUT2D eigenvalue weighted by Crippen LogP contribution is -2.34. The molecular formula is C38H44N6O2. The first-order valence-electron chi connectivity index (χ1n) is 16.4. The minimum absolute atomic E-state index is 0.106. The summed E-state index contributed by atoms with van der Waals surface area (Å²) in [5.74, 6) is 0.895. The number of ketones is 1. The fraction of sp³-hybridized carbons (Fsp3) is 0.395. The molecule has 6 rings (SSSR count). The molecule has 0 bridgehead atoms. The van der Waals surface area contributed by atoms with E-state index in [4.69, 9.17) is 4.74 Å². The third-order valence-electron chi connectivity index (χ3n) is 9.68. The molecule has 3 aromatic heterocycles. The molecule has 2 atom stereocenters. The summed E-state index contributed by atoms with van der Waals surface area (Å²) in [5, 5.41) is 8.97. The molecule has 1 aliphatic heterocycles. The highest BCUT2D eigenvalue weighted by molar-refractivity contribution is 5.88. The number of aromatic nitrogens is 5. The van der Waals surface area contributed by atoms with Gasteiger partial charge in [0.2, 0.25) is 0 Å². The van der Waals surface area contributed by atoms with Gasteiger partial charge in [0.25, 0.3) is 0 Å². The minimum Gasteiger partial charge on any atom is -0.489 e. The number of ether oxygens (including phenoxy) is 1. The van der Waals surface area contributed by atoms with Crippen LogP contribution in [0.15, 0.2) is 73.3 Å². The van der Waals surface area contributed by atoms with Gasteiger partial charge >= 0.3 is 0 Å². The van der Waals surface area contributed by atoms with Gasteiger partial charge in [-0.15, -0.1) is 5.10 Å². The number of fused-ring (bicyclic) bond motifs is 2. The molecule has 0 radical (unpaired) electrons. The van der Waals surface area contributed by atoms with Crippen molar-refractivity contribution in [2.24, 2.45) is 5.41 Å². The zero-order chi connectivity index (χ0) is 32.4. The van der Waals surface area contributed by atoms with Crippen LogP contribution >= 0.6 is 0 Å². The van der Waals surface area contributed by atoms with Crippen LogP contribution < -0.4 is 4.74 Å². The second-order valence-corrected chi connectivity index (χ2v) is 13.2. The Morgan fingerprint density at radius 2 is 1.87 bits per heavy atom. The van der Waals surface area contributed by atoms with Crippen LogP contribution in [0, 0.1) is 19.3 Å². The summed E-state index contributed by atoms with van der Waals surface area (Å²) in [6.07, 6.45) is 8.61. The standard InChI is InChI=1S/C38H44N6O2/c1-7-31-24-43(23-30-21-40-17-15-34(30)46-31)22-29-19-28(12-11-25(29)3)36(38(5,6)35(45)18-27-10-9-16-39-20-27)32-13-14-33-37(26(32)4)41-42-44(33)8-2/h9-17,19-21,31,36H,7-8,18,22-24H2,1-6H3/t31-,36+/m1/s1. The molecular weight excluding hydrogens is 572 g/mol. The van der Waals surface area contributed by atoms with Crippen molar-refractivity contribution in [3.8, 4) is 5.75 Å². The first kappa shape index (κ1) is 31.5. The van der Waals surface area contributed by atoms with Crippen molar-refractivity contribution in [3.63, 3.8) is 0 Å². The lowest BCUT2D eigenvalue weighted by Gasteiger charge is -2.36. The molecule has 0 spiro atoms. The van der Waals surface area contributed by atoms with E-state index in [0.29, 0.717) is 6.42 Å². The van der Waals surface area contributed by atoms with Crippen LogP contribution in [-0.2, 0) is 30.8 Å². The van der Waals surface area contributed by atoms with E-state index in [2.05, 4.69) is 97.1 Å². The van der Waals surface area contributed by atoms with E-state index in [-0.39, 0.29) is 17.8 Å². The number of benzene rings is 2. The zero-order valence-electron chi connectivity index (χ0n) is 27.8. The van der Waals surface area contributed by atoms with Gasteiger partial charge in [0.15, 0.2) is 0 Å². The van der Waals surface area contributed by atoms with Gasteiger partial charge in [-0.1, -0.05) is 56.3 Å². The molecule has 8 nitrogen and oxygen atoms in total. The fourth-order valence-corrected chi connectivity index (χ4v) is 6.86. The van der Waals surface area contributed by atoms with Crippen molar-refractivity contribution in [2.75, 3.05) is 6.54 Å². The average Bonchev–Trinajstić information content (AvgIpc) is 3.39. The van der Waals surface area contributed by atoms with Crippen LogP contribution in [0.25, 0.3) is 11.0 Å². The molecule has 0 saturated carbocycles. The Morgan fingerprint density at radius 3 is 2.63 bits per heavy atom. The summed E-state index contributed by atoms with van der Waals surface area (Å²) >= 11 is 0. The molecule has 8 heteroatoms. The topological polar surface area (TPSA) is 86.0 Å². The van der Waals surface area contributed by atoms with E-state index < -0.39 is 5.41 Å². The second-order valence-electron chi connectivity index (χ2n) is 13.2. The highest BCUT2D eigenvalue weighted by Crippen LogP contribution is 2.45. The van der Waals surface area contributed by atoms with E-state index in [1.165, 1.54) is 11.1 Å². The maximum atomic E-state index is 14.3. The Labute approximate surface area is 271 Å². The number of hydrogen-bond acceptors (Lipinski definition) is 7. The largest absolute Gasteiger partial charge is 0.489 e. The predicted octanol–water partition coefficient (Wildman–Crippen LogP) is 7.00. The van der Waals surface area contributed by atoms with Gasteiger partial charge < -0.3 is 4.74 Å². The molecule has 2 aromatic carbocycles. The maximum absolute atomic E-state index is 14.3. The van der Waals surface area contributed by atoms with Gasteiger partial charge in [0, 0.05) is 74.3 Å². The molecule has 0 amide bonds. The first-order chi connectivity index (χ1) is 22.2. The zero-order valence-corrected chi connectivity index (χ0v) is 27.8. The summed E-state index contributed by atoms with van der Waals surface area (Å²) in [5.41, 5.74) is 8.95. The van der Waals surface area contributed by atoms with E-state index in [1.54, 1.807) is 18.6 Å². The molecule has 4 heterocycles. The molecule has 46 heavy (non-hydrogen) atoms. The van der Waals surface area contributed by atoms with Crippen molar-refractivity contribution >= 4 is 16.8 Å². The second kappa shape index (κ2) is 13.1. The summed E-state index contributed by atoms with van der Waals surface area (Å²) < 4.78 is 8.29. The Hall–Kier alpha value is -4.43. The van der Waals surface area contributed by atoms with E-state index >= 15 is 0 Å². The molecule has 0 fully saturated rings. The summed E-state index contributed by atoms with van der Waals surface area (Å²) in [4.78, 5) is 25.4. The third kappa shape index (κ3) is 6.18. The number of nitrogens with zero attached hydrogens (tertiary/aromatic N) is 6. The number of rotatable bonds is 10. The molecule has 0 aliphatic carbocycles. The van der Waals surface area contributed by atoms with Crippen LogP contribution in [0.5, 0.6) is 5.75 Å². The Kier molecular flexibility index (Phi) is 9.00. The van der Waals surface area contributed by atoms with E-state index in [1.807, 2.05) is 29.1 Å². The molecule has 0 saturated heterocycles. The quantitative estimate of drug-likeness (QED) is 0.167. The number of Topliss-reactive ketones (excluding diaryl/α,β-unsaturated/α-hetero) is 1. The van der Waals surface area contributed by atoms with Crippen molar-refractivity contribution in [1.29, 1.82) is 0 Å². The van der Waals surface area contributed by atoms with Gasteiger partial charge in [0.05, 0.1) is 5.52 Å². The number of pyridine rings is 2. The smallest absolute Gasteiger partial charge is 0.143 e. The third-order valence-corrected chi connectivity index (χ3v) is 9.68. The van der Waals surface area contributed by atoms with Crippen LogP contribution in [0.2, 0.25) is 0 Å². The number of hydrogen-bond donors (Lipinski definition) is 0. The lowest BCUT2D eigenvalue weighted by atomic mass is 9.66. The highest BCUT2D eigenvalue weighted by atomic mass is 16.5. The Morgan fingerprint density at radius 1 is 1.04 bits per heavy atom. The lowest BCUT2D eigenvalue weighted by molar-refractivity contribution is -0.127. The molecule has 0 N–H and O–H groups in total. The predicted molar refractivity (Wildman–Crippen MR) is 181 cm³/mol. The average molecular weight is 617 g/mol. The van der Waals surface area contributed by atoms with Crippen LogP contribution in [0.3, 0.4) is 0 Å². The fourth-order valence-electron chi connectivity index (χ4n) is 6.86. The molecule has 0 unspecified atom stereocenters. The van der Waals surface area contributed by atoms with Crippen LogP contribution in [0.4, 0.5) is 0 Å². The minimum atomic E-state index is -0.726. The van der Waals surface area contributed by atoms with E-state index in [0.717, 1.165) is 77.2 Å². The van der Waals surface area contributed by atoms with Crippen LogP contribution in [0.1, 0.15) is 79.0 Å². The number of carbonyl (C=O) groups is 1. The van der Waals surface area contributed by atoms with Gasteiger partial charge in [-0.25, -0.2) is 4.68 Å².